The van der Waals surface area contributed by atoms with Gasteiger partial charge in [-0.1, -0.05) is 30.3 Å². The molecule has 0 aliphatic heterocycles. The third-order valence-electron chi connectivity index (χ3n) is 2.35. The van der Waals surface area contributed by atoms with Gasteiger partial charge in [0.05, 0.1) is 12.6 Å². The van der Waals surface area contributed by atoms with Crippen LogP contribution in [-0.4, -0.2) is 35.4 Å². The molecule has 1 rings (SSSR count). The second-order valence-corrected chi connectivity index (χ2v) is 3.87. The zero-order valence-corrected chi connectivity index (χ0v) is 9.56. The molecule has 0 bridgehead atoms. The molecule has 0 unspecified atom stereocenters. The van der Waals surface area contributed by atoms with E-state index in [2.05, 4.69) is 0 Å². The van der Waals surface area contributed by atoms with Gasteiger partial charge in [0.15, 0.2) is 6.10 Å². The standard InChI is InChI=1S/C12H13F3N2O/c13-12(14,15)11(18)9-17(7-6-16)8-10-4-2-1-3-5-10/h1-5,11,18H,7-9H2/t11-/m0/s1. The Bertz CT molecular complexity index is 400. The molecule has 1 N–H and O–H groups in total. The minimum Gasteiger partial charge on any atom is -0.382 e. The van der Waals surface area contributed by atoms with E-state index in [1.165, 1.54) is 4.90 Å². The van der Waals surface area contributed by atoms with Crippen LogP contribution >= 0.6 is 0 Å². The van der Waals surface area contributed by atoms with Crippen molar-refractivity contribution in [2.75, 3.05) is 13.1 Å². The summed E-state index contributed by atoms with van der Waals surface area (Å²) in [7, 11) is 0. The lowest BCUT2D eigenvalue weighted by molar-refractivity contribution is -0.208. The van der Waals surface area contributed by atoms with Gasteiger partial charge in [0.1, 0.15) is 0 Å². The molecule has 1 aromatic rings. The first-order valence-corrected chi connectivity index (χ1v) is 5.31. The molecule has 0 heterocycles. The Kier molecular flexibility index (Phi) is 5.13. The molecule has 0 radical (unpaired) electrons. The number of nitriles is 1. The summed E-state index contributed by atoms with van der Waals surface area (Å²) in [4.78, 5) is 1.26. The molecule has 0 aromatic heterocycles. The van der Waals surface area contributed by atoms with Gasteiger partial charge in [-0.2, -0.15) is 18.4 Å². The zero-order valence-electron chi connectivity index (χ0n) is 9.56. The Labute approximate surface area is 103 Å². The van der Waals surface area contributed by atoms with Crippen LogP contribution in [0.3, 0.4) is 0 Å². The van der Waals surface area contributed by atoms with Crippen LogP contribution in [0.5, 0.6) is 0 Å². The maximum Gasteiger partial charge on any atom is 0.415 e. The number of aliphatic hydroxyl groups is 1. The van der Waals surface area contributed by atoms with E-state index in [1.54, 1.807) is 36.4 Å². The van der Waals surface area contributed by atoms with E-state index in [0.717, 1.165) is 5.56 Å². The van der Waals surface area contributed by atoms with E-state index in [0.29, 0.717) is 0 Å². The predicted octanol–water partition coefficient (Wildman–Crippen LogP) is 1.94. The zero-order chi connectivity index (χ0) is 13.6. The van der Waals surface area contributed by atoms with Crippen LogP contribution in [0.15, 0.2) is 30.3 Å². The Morgan fingerprint density at radius 2 is 1.89 bits per heavy atom. The normalized spacial score (nSPS) is 13.3. The molecule has 1 aromatic carbocycles. The smallest absolute Gasteiger partial charge is 0.382 e. The quantitative estimate of drug-likeness (QED) is 0.821. The highest BCUT2D eigenvalue weighted by Crippen LogP contribution is 2.21. The topological polar surface area (TPSA) is 47.3 Å². The van der Waals surface area contributed by atoms with Crippen molar-refractivity contribution in [3.8, 4) is 6.07 Å². The molecule has 0 fully saturated rings. The van der Waals surface area contributed by atoms with Gasteiger partial charge in [0.2, 0.25) is 0 Å². The minimum atomic E-state index is -4.66. The second kappa shape index (κ2) is 6.38. The van der Waals surface area contributed by atoms with Gasteiger partial charge in [-0.25, -0.2) is 0 Å². The van der Waals surface area contributed by atoms with Crippen LogP contribution in [0.4, 0.5) is 13.2 Å². The fraction of sp³-hybridized carbons (Fsp3) is 0.417. The Morgan fingerprint density at radius 3 is 2.39 bits per heavy atom. The highest BCUT2D eigenvalue weighted by molar-refractivity contribution is 5.14. The lowest BCUT2D eigenvalue weighted by atomic mass is 10.2. The molecule has 3 nitrogen and oxygen atoms in total. The highest BCUT2D eigenvalue weighted by Gasteiger charge is 2.39. The van der Waals surface area contributed by atoms with E-state index in [4.69, 9.17) is 10.4 Å². The van der Waals surface area contributed by atoms with Crippen molar-refractivity contribution in [2.45, 2.75) is 18.8 Å². The van der Waals surface area contributed by atoms with Crippen LogP contribution in [0, 0.1) is 11.3 Å². The summed E-state index contributed by atoms with van der Waals surface area (Å²) in [5.74, 6) is 0. The minimum absolute atomic E-state index is 0.165. The van der Waals surface area contributed by atoms with E-state index in [-0.39, 0.29) is 13.1 Å². The summed E-state index contributed by atoms with van der Waals surface area (Å²) in [6.07, 6.45) is -7.10. The summed E-state index contributed by atoms with van der Waals surface area (Å²) in [5.41, 5.74) is 0.794. The third kappa shape index (κ3) is 4.73. The number of hydrogen-bond acceptors (Lipinski definition) is 3. The van der Waals surface area contributed by atoms with Crippen molar-refractivity contribution in [3.05, 3.63) is 35.9 Å². The molecule has 0 aliphatic rings. The SMILES string of the molecule is N#CCN(Cc1ccccc1)C[C@H](O)C(F)(F)F. The van der Waals surface area contributed by atoms with Gasteiger partial charge in [-0.15, -0.1) is 0 Å². The van der Waals surface area contributed by atoms with Crippen LogP contribution in [0.25, 0.3) is 0 Å². The fourth-order valence-electron chi connectivity index (χ4n) is 1.47. The van der Waals surface area contributed by atoms with Gasteiger partial charge in [-0.3, -0.25) is 4.90 Å². The van der Waals surface area contributed by atoms with Crippen LogP contribution < -0.4 is 0 Å². The van der Waals surface area contributed by atoms with Crippen molar-refractivity contribution in [2.24, 2.45) is 0 Å². The average Bonchev–Trinajstić information content (AvgIpc) is 2.29. The van der Waals surface area contributed by atoms with E-state index in [1.807, 2.05) is 0 Å². The van der Waals surface area contributed by atoms with E-state index < -0.39 is 18.8 Å². The molecule has 98 valence electrons. The molecule has 0 saturated heterocycles. The number of aliphatic hydroxyl groups excluding tert-OH is 1. The van der Waals surface area contributed by atoms with Crippen molar-refractivity contribution >= 4 is 0 Å². The molecular formula is C12H13F3N2O. The number of benzene rings is 1. The monoisotopic (exact) mass is 258 g/mol. The average molecular weight is 258 g/mol. The van der Waals surface area contributed by atoms with E-state index >= 15 is 0 Å². The molecule has 0 amide bonds. The van der Waals surface area contributed by atoms with E-state index in [9.17, 15) is 13.2 Å². The molecule has 18 heavy (non-hydrogen) atoms. The highest BCUT2D eigenvalue weighted by atomic mass is 19.4. The maximum absolute atomic E-state index is 12.2. The summed E-state index contributed by atoms with van der Waals surface area (Å²) >= 11 is 0. The van der Waals surface area contributed by atoms with Crippen LogP contribution in [0.1, 0.15) is 5.56 Å². The van der Waals surface area contributed by atoms with Crippen molar-refractivity contribution in [1.82, 2.24) is 4.90 Å². The molecule has 0 aliphatic carbocycles. The summed E-state index contributed by atoms with van der Waals surface area (Å²) in [6, 6.07) is 10.6. The number of alkyl halides is 3. The number of rotatable bonds is 5. The van der Waals surface area contributed by atoms with Gasteiger partial charge < -0.3 is 5.11 Å². The van der Waals surface area contributed by atoms with Crippen molar-refractivity contribution in [1.29, 1.82) is 5.26 Å². The van der Waals surface area contributed by atoms with Gasteiger partial charge in [0.25, 0.3) is 0 Å². The molecule has 1 atom stereocenters. The van der Waals surface area contributed by atoms with Crippen molar-refractivity contribution < 1.29 is 18.3 Å². The van der Waals surface area contributed by atoms with Gasteiger partial charge >= 0.3 is 6.18 Å². The first-order valence-electron chi connectivity index (χ1n) is 5.31. The largest absolute Gasteiger partial charge is 0.415 e. The summed E-state index contributed by atoms with van der Waals surface area (Å²) in [5, 5.41) is 17.6. The maximum atomic E-state index is 12.2. The number of halogens is 3. The first kappa shape index (κ1) is 14.5. The molecular weight excluding hydrogens is 245 g/mol. The van der Waals surface area contributed by atoms with Gasteiger partial charge in [0, 0.05) is 13.1 Å². The number of hydrogen-bond donors (Lipinski definition) is 1. The Morgan fingerprint density at radius 1 is 1.28 bits per heavy atom. The molecule has 6 heteroatoms. The van der Waals surface area contributed by atoms with Crippen molar-refractivity contribution in [3.63, 3.8) is 0 Å². The fourth-order valence-corrected chi connectivity index (χ4v) is 1.47. The van der Waals surface area contributed by atoms with Gasteiger partial charge in [-0.05, 0) is 5.56 Å². The third-order valence-corrected chi connectivity index (χ3v) is 2.35. The molecule has 0 spiro atoms. The second-order valence-electron chi connectivity index (χ2n) is 3.87. The predicted molar refractivity (Wildman–Crippen MR) is 59.4 cm³/mol. The Balaban J connectivity index is 2.64. The summed E-state index contributed by atoms with van der Waals surface area (Å²) in [6.45, 7) is -0.574. The number of nitrogens with zero attached hydrogens (tertiary/aromatic N) is 2. The Hall–Kier alpha value is -1.58. The first-order chi connectivity index (χ1) is 8.43. The molecule has 0 saturated carbocycles. The van der Waals surface area contributed by atoms with Crippen LogP contribution in [0.2, 0.25) is 0 Å². The lowest BCUT2D eigenvalue weighted by Gasteiger charge is -2.23. The summed E-state index contributed by atoms with van der Waals surface area (Å²) < 4.78 is 36.7. The lowest BCUT2D eigenvalue weighted by Crippen LogP contribution is -2.40. The van der Waals surface area contributed by atoms with Crippen LogP contribution in [-0.2, 0) is 6.54 Å².